The quantitative estimate of drug-likeness (QED) is 0.596. The van der Waals surface area contributed by atoms with Crippen molar-refractivity contribution in [3.05, 3.63) is 11.6 Å². The lowest BCUT2D eigenvalue weighted by molar-refractivity contribution is 0.605. The Hall–Kier alpha value is -0.300. The molecule has 1 N–H and O–H groups in total. The molecule has 1 saturated heterocycles. The topological polar surface area (TPSA) is 12.0 Å². The van der Waals surface area contributed by atoms with E-state index in [0.29, 0.717) is 0 Å². The Labute approximate surface area is 68.9 Å². The van der Waals surface area contributed by atoms with Gasteiger partial charge in [0.1, 0.15) is 0 Å². The van der Waals surface area contributed by atoms with Crippen LogP contribution >= 0.6 is 0 Å². The molecule has 0 atom stereocenters. The molecule has 1 heteroatoms. The summed E-state index contributed by atoms with van der Waals surface area (Å²) in [5, 5.41) is 3.38. The molecule has 2 aliphatic rings. The number of allylic oxidation sites excluding steroid dienone is 1. The molecule has 1 saturated carbocycles. The van der Waals surface area contributed by atoms with Gasteiger partial charge in [0.25, 0.3) is 0 Å². The van der Waals surface area contributed by atoms with Crippen LogP contribution in [0, 0.1) is 5.92 Å². The monoisotopic (exact) mass is 151 g/mol. The van der Waals surface area contributed by atoms with Crippen molar-refractivity contribution in [2.24, 2.45) is 5.92 Å². The van der Waals surface area contributed by atoms with Gasteiger partial charge in [-0.15, -0.1) is 0 Å². The average molecular weight is 151 g/mol. The highest BCUT2D eigenvalue weighted by Crippen LogP contribution is 2.33. The zero-order valence-electron chi connectivity index (χ0n) is 7.10. The summed E-state index contributed by atoms with van der Waals surface area (Å²) in [5.41, 5.74) is 1.70. The molecule has 0 radical (unpaired) electrons. The first kappa shape index (κ1) is 7.35. The second kappa shape index (κ2) is 3.40. The lowest BCUT2D eigenvalue weighted by Gasteiger charge is -2.14. The summed E-state index contributed by atoms with van der Waals surface area (Å²) in [6.07, 6.45) is 9.44. The van der Waals surface area contributed by atoms with E-state index in [-0.39, 0.29) is 0 Å². The zero-order chi connectivity index (χ0) is 7.52. The Balaban J connectivity index is 1.75. The summed E-state index contributed by atoms with van der Waals surface area (Å²) in [4.78, 5) is 0. The number of hydrogen-bond acceptors (Lipinski definition) is 1. The minimum absolute atomic E-state index is 1.07. The van der Waals surface area contributed by atoms with Crippen molar-refractivity contribution in [3.63, 3.8) is 0 Å². The van der Waals surface area contributed by atoms with Crippen molar-refractivity contribution in [3.8, 4) is 0 Å². The van der Waals surface area contributed by atoms with Gasteiger partial charge in [-0.25, -0.2) is 0 Å². The van der Waals surface area contributed by atoms with Gasteiger partial charge >= 0.3 is 0 Å². The molecule has 2 rings (SSSR count). The van der Waals surface area contributed by atoms with E-state index in [2.05, 4.69) is 11.4 Å². The van der Waals surface area contributed by atoms with Gasteiger partial charge in [0.05, 0.1) is 0 Å². The second-order valence-electron chi connectivity index (χ2n) is 3.79. The average Bonchev–Trinajstić information content (AvgIpc) is 2.86. The van der Waals surface area contributed by atoms with Crippen LogP contribution in [0.1, 0.15) is 32.1 Å². The molecule has 1 nitrogen and oxygen atoms in total. The summed E-state index contributed by atoms with van der Waals surface area (Å²) < 4.78 is 0. The highest BCUT2D eigenvalue weighted by molar-refractivity contribution is 5.06. The first-order chi connectivity index (χ1) is 5.45. The number of piperidine rings is 1. The second-order valence-corrected chi connectivity index (χ2v) is 3.79. The van der Waals surface area contributed by atoms with Crippen LogP contribution in [-0.4, -0.2) is 13.1 Å². The minimum Gasteiger partial charge on any atom is -0.316 e. The third kappa shape index (κ3) is 2.33. The van der Waals surface area contributed by atoms with Gasteiger partial charge in [-0.3, -0.25) is 0 Å². The minimum atomic E-state index is 1.07. The molecule has 0 spiro atoms. The summed E-state index contributed by atoms with van der Waals surface area (Å²) in [6, 6.07) is 0. The summed E-state index contributed by atoms with van der Waals surface area (Å²) >= 11 is 0. The van der Waals surface area contributed by atoms with E-state index in [0.717, 1.165) is 5.92 Å². The summed E-state index contributed by atoms with van der Waals surface area (Å²) in [6.45, 7) is 2.41. The van der Waals surface area contributed by atoms with Gasteiger partial charge in [-0.1, -0.05) is 11.6 Å². The van der Waals surface area contributed by atoms with Crippen LogP contribution in [0.15, 0.2) is 11.6 Å². The Morgan fingerprint density at radius 1 is 1.27 bits per heavy atom. The van der Waals surface area contributed by atoms with Crippen molar-refractivity contribution in [2.75, 3.05) is 13.1 Å². The predicted molar refractivity (Wildman–Crippen MR) is 47.5 cm³/mol. The Kier molecular flexibility index (Phi) is 2.27. The first-order valence-electron chi connectivity index (χ1n) is 4.84. The van der Waals surface area contributed by atoms with E-state index in [1.165, 1.54) is 45.2 Å². The summed E-state index contributed by atoms with van der Waals surface area (Å²) in [7, 11) is 0. The molecule has 1 aliphatic heterocycles. The molecule has 0 bridgehead atoms. The molecule has 1 heterocycles. The van der Waals surface area contributed by atoms with Crippen molar-refractivity contribution in [1.82, 2.24) is 5.32 Å². The van der Waals surface area contributed by atoms with Crippen molar-refractivity contribution >= 4 is 0 Å². The molecule has 11 heavy (non-hydrogen) atoms. The van der Waals surface area contributed by atoms with Gasteiger partial charge in [0.2, 0.25) is 0 Å². The van der Waals surface area contributed by atoms with Crippen molar-refractivity contribution in [1.29, 1.82) is 0 Å². The number of hydrogen-bond donors (Lipinski definition) is 1. The smallest absolute Gasteiger partial charge is 0.00115 e. The molecule has 1 aliphatic carbocycles. The maximum atomic E-state index is 3.38. The van der Waals surface area contributed by atoms with E-state index < -0.39 is 0 Å². The van der Waals surface area contributed by atoms with Crippen molar-refractivity contribution in [2.45, 2.75) is 32.1 Å². The molecule has 0 unspecified atom stereocenters. The van der Waals surface area contributed by atoms with Crippen LogP contribution in [0.2, 0.25) is 0 Å². The fraction of sp³-hybridized carbons (Fsp3) is 0.800. The third-order valence-electron chi connectivity index (χ3n) is 2.68. The molecule has 0 amide bonds. The molecular weight excluding hydrogens is 134 g/mol. The highest BCUT2D eigenvalue weighted by Gasteiger charge is 2.19. The van der Waals surface area contributed by atoms with Crippen molar-refractivity contribution < 1.29 is 0 Å². The highest BCUT2D eigenvalue weighted by atomic mass is 14.9. The largest absolute Gasteiger partial charge is 0.316 e. The van der Waals surface area contributed by atoms with Crippen LogP contribution in [-0.2, 0) is 0 Å². The number of rotatable bonds is 2. The van der Waals surface area contributed by atoms with E-state index >= 15 is 0 Å². The van der Waals surface area contributed by atoms with Gasteiger partial charge in [-0.2, -0.15) is 0 Å². The maximum Gasteiger partial charge on any atom is -0.00115 e. The summed E-state index contributed by atoms with van der Waals surface area (Å²) in [5.74, 6) is 1.07. The Morgan fingerprint density at radius 3 is 2.64 bits per heavy atom. The normalized spacial score (nSPS) is 25.3. The lowest BCUT2D eigenvalue weighted by Crippen LogP contribution is -2.23. The van der Waals surface area contributed by atoms with E-state index in [1.54, 1.807) is 5.57 Å². The predicted octanol–water partition coefficient (Wildman–Crippen LogP) is 2.10. The van der Waals surface area contributed by atoms with Gasteiger partial charge in [0, 0.05) is 0 Å². The first-order valence-corrected chi connectivity index (χ1v) is 4.84. The van der Waals surface area contributed by atoms with Gasteiger partial charge < -0.3 is 5.32 Å². The van der Waals surface area contributed by atoms with E-state index in [1.807, 2.05) is 0 Å². The van der Waals surface area contributed by atoms with Crippen LogP contribution in [0.25, 0.3) is 0 Å². The van der Waals surface area contributed by atoms with Gasteiger partial charge in [-0.05, 0) is 51.1 Å². The Bertz CT molecular complexity index is 148. The molecule has 62 valence electrons. The van der Waals surface area contributed by atoms with E-state index in [4.69, 9.17) is 0 Å². The fourth-order valence-electron chi connectivity index (χ4n) is 1.64. The molecular formula is C10H17N. The fourth-order valence-corrected chi connectivity index (χ4v) is 1.64. The number of nitrogens with one attached hydrogen (secondary N) is 1. The van der Waals surface area contributed by atoms with Crippen LogP contribution in [0.3, 0.4) is 0 Å². The lowest BCUT2D eigenvalue weighted by atomic mass is 10.0. The zero-order valence-corrected chi connectivity index (χ0v) is 7.10. The van der Waals surface area contributed by atoms with Gasteiger partial charge in [0.15, 0.2) is 0 Å². The molecule has 2 fully saturated rings. The maximum absolute atomic E-state index is 3.38. The van der Waals surface area contributed by atoms with Crippen LogP contribution < -0.4 is 5.32 Å². The van der Waals surface area contributed by atoms with E-state index in [9.17, 15) is 0 Å². The Morgan fingerprint density at radius 2 is 2.00 bits per heavy atom. The standard InChI is InChI=1S/C10H17N/c1-2-9(1)3-4-10-5-7-11-8-6-10/h4,9,11H,1-3,5-8H2. The van der Waals surface area contributed by atoms with Crippen LogP contribution in [0.4, 0.5) is 0 Å². The van der Waals surface area contributed by atoms with Crippen LogP contribution in [0.5, 0.6) is 0 Å². The molecule has 0 aromatic rings. The molecule has 0 aromatic heterocycles. The molecule has 0 aromatic carbocycles. The SMILES string of the molecule is C(CC1CC1)=C1CCNCC1. The third-order valence-corrected chi connectivity index (χ3v) is 2.68.